The van der Waals surface area contributed by atoms with Crippen molar-refractivity contribution in [3.8, 4) is 0 Å². The highest BCUT2D eigenvalue weighted by Gasteiger charge is 2.38. The molecule has 1 aliphatic rings. The number of rotatable bonds is 2. The first-order chi connectivity index (χ1) is 8.40. The maximum absolute atomic E-state index is 13.6. The first-order valence-electron chi connectivity index (χ1n) is 6.57. The Kier molecular flexibility index (Phi) is 3.71. The van der Waals surface area contributed by atoms with E-state index < -0.39 is 17.2 Å². The lowest BCUT2D eigenvalue weighted by Gasteiger charge is -2.41. The summed E-state index contributed by atoms with van der Waals surface area (Å²) in [6.45, 7) is 4.19. The zero-order valence-electron chi connectivity index (χ0n) is 10.9. The van der Waals surface area contributed by atoms with Crippen molar-refractivity contribution >= 4 is 0 Å². The van der Waals surface area contributed by atoms with Gasteiger partial charge in [0.2, 0.25) is 0 Å². The number of benzene rings is 1. The van der Waals surface area contributed by atoms with Gasteiger partial charge in [0.1, 0.15) is 11.6 Å². The minimum atomic E-state index is -0.856. The molecule has 3 heteroatoms. The van der Waals surface area contributed by atoms with Gasteiger partial charge in [0.25, 0.3) is 0 Å². The van der Waals surface area contributed by atoms with Crippen molar-refractivity contribution in [1.29, 1.82) is 0 Å². The van der Waals surface area contributed by atoms with Gasteiger partial charge in [-0.25, -0.2) is 8.78 Å². The Morgan fingerprint density at radius 2 is 2.06 bits per heavy atom. The quantitative estimate of drug-likeness (QED) is 0.853. The fraction of sp³-hybridized carbons (Fsp3) is 0.600. The first kappa shape index (κ1) is 13.5. The molecule has 0 saturated heterocycles. The highest BCUT2D eigenvalue weighted by Crippen LogP contribution is 2.39. The van der Waals surface area contributed by atoms with E-state index in [0.29, 0.717) is 17.9 Å². The van der Waals surface area contributed by atoms with Crippen LogP contribution in [0.15, 0.2) is 18.2 Å². The lowest BCUT2D eigenvalue weighted by molar-refractivity contribution is -0.0527. The summed E-state index contributed by atoms with van der Waals surface area (Å²) in [5.41, 5.74) is -0.453. The second-order valence-corrected chi connectivity index (χ2v) is 5.80. The molecule has 0 aliphatic heterocycles. The third-order valence-electron chi connectivity index (χ3n) is 4.25. The fourth-order valence-electron chi connectivity index (χ4n) is 2.94. The Morgan fingerprint density at radius 3 is 2.67 bits per heavy atom. The van der Waals surface area contributed by atoms with E-state index in [9.17, 15) is 13.9 Å². The van der Waals surface area contributed by atoms with Crippen molar-refractivity contribution in [2.45, 2.75) is 45.1 Å². The molecule has 1 aliphatic carbocycles. The maximum atomic E-state index is 13.6. The van der Waals surface area contributed by atoms with Gasteiger partial charge in [-0.05, 0) is 42.7 Å². The molecule has 1 nitrogen and oxygen atoms in total. The molecular formula is C15H20F2O. The summed E-state index contributed by atoms with van der Waals surface area (Å²) in [6.07, 6.45) is 2.88. The molecule has 1 saturated carbocycles. The van der Waals surface area contributed by atoms with Gasteiger partial charge >= 0.3 is 0 Å². The van der Waals surface area contributed by atoms with E-state index in [1.165, 1.54) is 12.1 Å². The molecule has 0 amide bonds. The third kappa shape index (κ3) is 2.72. The van der Waals surface area contributed by atoms with Gasteiger partial charge in [-0.1, -0.05) is 19.9 Å². The SMILES string of the molecule is CC1CCC(O)(Cc2ccc(F)cc2F)C(C)C1. The summed E-state index contributed by atoms with van der Waals surface area (Å²) < 4.78 is 26.5. The number of aliphatic hydroxyl groups is 1. The highest BCUT2D eigenvalue weighted by atomic mass is 19.1. The van der Waals surface area contributed by atoms with Crippen LogP contribution in [0.25, 0.3) is 0 Å². The van der Waals surface area contributed by atoms with Gasteiger partial charge in [-0.15, -0.1) is 0 Å². The Bertz CT molecular complexity index is 433. The molecule has 1 aromatic rings. The van der Waals surface area contributed by atoms with E-state index in [1.807, 2.05) is 6.92 Å². The van der Waals surface area contributed by atoms with Gasteiger partial charge in [0.05, 0.1) is 5.60 Å². The molecule has 100 valence electrons. The lowest BCUT2D eigenvalue weighted by Crippen LogP contribution is -2.43. The van der Waals surface area contributed by atoms with E-state index in [1.54, 1.807) is 0 Å². The van der Waals surface area contributed by atoms with Crippen LogP contribution in [0.1, 0.15) is 38.7 Å². The van der Waals surface area contributed by atoms with Gasteiger partial charge in [-0.2, -0.15) is 0 Å². The van der Waals surface area contributed by atoms with Gasteiger partial charge in [0, 0.05) is 12.5 Å². The normalized spacial score (nSPS) is 32.5. The second kappa shape index (κ2) is 4.96. The molecule has 2 rings (SSSR count). The molecule has 3 atom stereocenters. The van der Waals surface area contributed by atoms with Crippen molar-refractivity contribution < 1.29 is 13.9 Å². The molecule has 1 aromatic carbocycles. The van der Waals surface area contributed by atoms with Gasteiger partial charge < -0.3 is 5.11 Å². The minimum Gasteiger partial charge on any atom is -0.389 e. The number of hydrogen-bond acceptors (Lipinski definition) is 1. The van der Waals surface area contributed by atoms with Crippen LogP contribution in [0.5, 0.6) is 0 Å². The molecule has 0 aromatic heterocycles. The van der Waals surface area contributed by atoms with E-state index in [2.05, 4.69) is 6.92 Å². The zero-order valence-corrected chi connectivity index (χ0v) is 10.9. The molecule has 0 radical (unpaired) electrons. The van der Waals surface area contributed by atoms with Crippen LogP contribution >= 0.6 is 0 Å². The van der Waals surface area contributed by atoms with E-state index in [4.69, 9.17) is 0 Å². The average Bonchev–Trinajstić information content (AvgIpc) is 2.29. The van der Waals surface area contributed by atoms with Crippen LogP contribution in [-0.2, 0) is 6.42 Å². The summed E-state index contributed by atoms with van der Waals surface area (Å²) in [7, 11) is 0. The summed E-state index contributed by atoms with van der Waals surface area (Å²) in [5, 5.41) is 10.6. The summed E-state index contributed by atoms with van der Waals surface area (Å²) in [4.78, 5) is 0. The predicted molar refractivity (Wildman–Crippen MR) is 67.2 cm³/mol. The van der Waals surface area contributed by atoms with Crippen LogP contribution < -0.4 is 0 Å². The molecule has 0 spiro atoms. The topological polar surface area (TPSA) is 20.2 Å². The third-order valence-corrected chi connectivity index (χ3v) is 4.25. The standard InChI is InChI=1S/C15H20F2O/c1-10-5-6-15(18,11(2)7-10)9-12-3-4-13(16)8-14(12)17/h3-4,8,10-11,18H,5-7,9H2,1-2H3. The molecule has 3 unspecified atom stereocenters. The Balaban J connectivity index is 2.17. The predicted octanol–water partition coefficient (Wildman–Crippen LogP) is 3.69. The lowest BCUT2D eigenvalue weighted by atomic mass is 9.70. The number of halogens is 2. The van der Waals surface area contributed by atoms with Crippen LogP contribution in [0, 0.1) is 23.5 Å². The Hall–Kier alpha value is -0.960. The monoisotopic (exact) mass is 254 g/mol. The molecule has 1 N–H and O–H groups in total. The van der Waals surface area contributed by atoms with Crippen molar-refractivity contribution in [2.24, 2.45) is 11.8 Å². The summed E-state index contributed by atoms with van der Waals surface area (Å²) in [6, 6.07) is 3.57. The smallest absolute Gasteiger partial charge is 0.129 e. The summed E-state index contributed by atoms with van der Waals surface area (Å²) >= 11 is 0. The summed E-state index contributed by atoms with van der Waals surface area (Å²) in [5.74, 6) is -0.383. The van der Waals surface area contributed by atoms with E-state index >= 15 is 0 Å². The fourth-order valence-corrected chi connectivity index (χ4v) is 2.94. The van der Waals surface area contributed by atoms with Crippen LogP contribution in [0.2, 0.25) is 0 Å². The molecule has 1 fully saturated rings. The largest absolute Gasteiger partial charge is 0.389 e. The van der Waals surface area contributed by atoms with Crippen LogP contribution in [0.3, 0.4) is 0 Å². The van der Waals surface area contributed by atoms with Crippen molar-refractivity contribution in [3.05, 3.63) is 35.4 Å². The zero-order chi connectivity index (χ0) is 13.3. The van der Waals surface area contributed by atoms with Gasteiger partial charge in [0.15, 0.2) is 0 Å². The van der Waals surface area contributed by atoms with Crippen LogP contribution in [-0.4, -0.2) is 10.7 Å². The Labute approximate surface area is 107 Å². The van der Waals surface area contributed by atoms with Crippen molar-refractivity contribution in [3.63, 3.8) is 0 Å². The van der Waals surface area contributed by atoms with Crippen molar-refractivity contribution in [1.82, 2.24) is 0 Å². The second-order valence-electron chi connectivity index (χ2n) is 5.80. The first-order valence-corrected chi connectivity index (χ1v) is 6.57. The molecule has 0 bridgehead atoms. The Morgan fingerprint density at radius 1 is 1.33 bits per heavy atom. The van der Waals surface area contributed by atoms with E-state index in [-0.39, 0.29) is 12.3 Å². The van der Waals surface area contributed by atoms with Crippen molar-refractivity contribution in [2.75, 3.05) is 0 Å². The van der Waals surface area contributed by atoms with E-state index in [0.717, 1.165) is 18.9 Å². The average molecular weight is 254 g/mol. The molecule has 0 heterocycles. The molecular weight excluding hydrogens is 234 g/mol. The highest BCUT2D eigenvalue weighted by molar-refractivity contribution is 5.21. The molecule has 18 heavy (non-hydrogen) atoms. The van der Waals surface area contributed by atoms with Crippen LogP contribution in [0.4, 0.5) is 8.78 Å². The van der Waals surface area contributed by atoms with Gasteiger partial charge in [-0.3, -0.25) is 0 Å². The minimum absolute atomic E-state index is 0.144. The number of hydrogen-bond donors (Lipinski definition) is 1. The maximum Gasteiger partial charge on any atom is 0.129 e.